The number of hydrogen-bond acceptors (Lipinski definition) is 4. The number of halogens is 3. The number of rotatable bonds is 5. The number of alkyl halides is 3. The molecule has 2 heterocycles. The highest BCUT2D eigenvalue weighted by Crippen LogP contribution is 2.31. The van der Waals surface area contributed by atoms with Crippen LogP contribution in [0.5, 0.6) is 0 Å². The summed E-state index contributed by atoms with van der Waals surface area (Å²) in [6, 6.07) is 8.96. The van der Waals surface area contributed by atoms with Crippen molar-refractivity contribution in [3.63, 3.8) is 0 Å². The summed E-state index contributed by atoms with van der Waals surface area (Å²) in [6.07, 6.45) is -4.32. The third-order valence-corrected chi connectivity index (χ3v) is 4.73. The Balaban J connectivity index is 1.64. The highest BCUT2D eigenvalue weighted by atomic mass is 32.1. The predicted octanol–water partition coefficient (Wildman–Crippen LogP) is 5.58. The van der Waals surface area contributed by atoms with Gasteiger partial charge >= 0.3 is 6.18 Å². The lowest BCUT2D eigenvalue weighted by Crippen LogP contribution is -2.17. The van der Waals surface area contributed by atoms with Gasteiger partial charge in [0.2, 0.25) is 0 Å². The molecule has 0 aliphatic carbocycles. The zero-order valence-electron chi connectivity index (χ0n) is 13.7. The summed E-state index contributed by atoms with van der Waals surface area (Å²) in [5.41, 5.74) is 0.867. The number of benzene rings is 1. The summed E-state index contributed by atoms with van der Waals surface area (Å²) in [5, 5.41) is 5.93. The number of hydrogen-bond donors (Lipinski definition) is 1. The van der Waals surface area contributed by atoms with Crippen molar-refractivity contribution in [1.29, 1.82) is 0 Å². The van der Waals surface area contributed by atoms with Gasteiger partial charge in [0.05, 0.1) is 17.3 Å². The van der Waals surface area contributed by atoms with E-state index < -0.39 is 11.7 Å². The van der Waals surface area contributed by atoms with Gasteiger partial charge in [-0.2, -0.15) is 13.2 Å². The van der Waals surface area contributed by atoms with Crippen LogP contribution in [-0.4, -0.2) is 4.98 Å². The Morgan fingerprint density at radius 2 is 1.88 bits per heavy atom. The minimum absolute atomic E-state index is 0.0462. The second-order valence-electron chi connectivity index (χ2n) is 5.77. The van der Waals surface area contributed by atoms with E-state index in [1.54, 1.807) is 0 Å². The molecule has 0 radical (unpaired) electrons. The molecule has 0 saturated carbocycles. The van der Waals surface area contributed by atoms with Gasteiger partial charge in [0.15, 0.2) is 0 Å². The van der Waals surface area contributed by atoms with E-state index in [0.29, 0.717) is 17.1 Å². The first-order valence-electron chi connectivity index (χ1n) is 7.74. The Morgan fingerprint density at radius 1 is 1.16 bits per heavy atom. The maximum Gasteiger partial charge on any atom is 0.416 e. The molecule has 0 amide bonds. The van der Waals surface area contributed by atoms with E-state index in [1.807, 2.05) is 31.4 Å². The number of thiazole rings is 1. The zero-order valence-corrected chi connectivity index (χ0v) is 14.5. The van der Waals surface area contributed by atoms with Crippen LogP contribution in [0.4, 0.5) is 13.2 Å². The Hall–Kier alpha value is -2.12. The van der Waals surface area contributed by atoms with Gasteiger partial charge in [-0.25, -0.2) is 4.98 Å². The quantitative estimate of drug-likeness (QED) is 0.640. The third kappa shape index (κ3) is 4.29. The molecule has 0 bridgehead atoms. The molecule has 2 aromatic heterocycles. The average molecular weight is 366 g/mol. The van der Waals surface area contributed by atoms with Crippen LogP contribution in [0.2, 0.25) is 0 Å². The molecule has 0 aliphatic heterocycles. The smallest absolute Gasteiger partial charge is 0.416 e. The molecule has 0 aliphatic rings. The molecule has 0 fully saturated rings. The highest BCUT2D eigenvalue weighted by molar-refractivity contribution is 7.13. The van der Waals surface area contributed by atoms with E-state index in [4.69, 9.17) is 4.42 Å². The molecule has 1 atom stereocenters. The number of nitrogens with zero attached hydrogens (tertiary/aromatic N) is 1. The first kappa shape index (κ1) is 17.7. The number of furan rings is 1. The van der Waals surface area contributed by atoms with E-state index in [2.05, 4.69) is 10.3 Å². The van der Waals surface area contributed by atoms with E-state index >= 15 is 0 Å². The Labute approximate surface area is 147 Å². The molecule has 1 unspecified atom stereocenters. The second kappa shape index (κ2) is 7.01. The van der Waals surface area contributed by atoms with Crippen LogP contribution in [0.15, 0.2) is 46.2 Å². The summed E-state index contributed by atoms with van der Waals surface area (Å²) in [6.45, 7) is 4.45. The number of aromatic nitrogens is 1. The van der Waals surface area contributed by atoms with E-state index in [0.717, 1.165) is 29.3 Å². The molecule has 1 aromatic carbocycles. The van der Waals surface area contributed by atoms with Crippen LogP contribution in [0.25, 0.3) is 10.6 Å². The monoisotopic (exact) mass is 366 g/mol. The average Bonchev–Trinajstić information content (AvgIpc) is 3.21. The minimum atomic E-state index is -4.32. The van der Waals surface area contributed by atoms with E-state index in [-0.39, 0.29) is 6.04 Å². The van der Waals surface area contributed by atoms with E-state index in [1.165, 1.54) is 23.5 Å². The van der Waals surface area contributed by atoms with Gasteiger partial charge in [-0.1, -0.05) is 12.1 Å². The van der Waals surface area contributed by atoms with Crippen molar-refractivity contribution in [2.75, 3.05) is 0 Å². The summed E-state index contributed by atoms with van der Waals surface area (Å²) < 4.78 is 43.4. The van der Waals surface area contributed by atoms with Gasteiger partial charge in [-0.3, -0.25) is 0 Å². The zero-order chi connectivity index (χ0) is 18.0. The molecule has 0 spiro atoms. The van der Waals surface area contributed by atoms with Crippen LogP contribution >= 0.6 is 11.3 Å². The van der Waals surface area contributed by atoms with Gasteiger partial charge in [0, 0.05) is 17.5 Å². The van der Waals surface area contributed by atoms with Crippen LogP contribution in [0.1, 0.15) is 35.7 Å². The van der Waals surface area contributed by atoms with Crippen molar-refractivity contribution in [2.45, 2.75) is 32.6 Å². The van der Waals surface area contributed by atoms with Gasteiger partial charge in [0.25, 0.3) is 0 Å². The van der Waals surface area contributed by atoms with Crippen molar-refractivity contribution in [1.82, 2.24) is 10.3 Å². The van der Waals surface area contributed by atoms with Crippen LogP contribution in [0.3, 0.4) is 0 Å². The third-order valence-electron chi connectivity index (χ3n) is 3.79. The van der Waals surface area contributed by atoms with Crippen LogP contribution in [0, 0.1) is 6.92 Å². The SMILES string of the molecule is Cc1ccc(C(C)NCc2csc(-c3ccc(C(F)(F)F)cc3)n2)o1. The van der Waals surface area contributed by atoms with Gasteiger partial charge < -0.3 is 9.73 Å². The standard InChI is InChI=1S/C18H17F3N2OS/c1-11-3-8-16(24-11)12(2)22-9-15-10-25-17(23-15)13-4-6-14(7-5-13)18(19,20)21/h3-8,10,12,22H,9H2,1-2H3. The Kier molecular flexibility index (Phi) is 4.96. The van der Waals surface area contributed by atoms with Crippen molar-refractivity contribution in [2.24, 2.45) is 0 Å². The first-order valence-corrected chi connectivity index (χ1v) is 8.62. The molecular weight excluding hydrogens is 349 g/mol. The fourth-order valence-electron chi connectivity index (χ4n) is 2.37. The first-order chi connectivity index (χ1) is 11.8. The molecule has 3 nitrogen and oxygen atoms in total. The predicted molar refractivity (Wildman–Crippen MR) is 91.3 cm³/mol. The largest absolute Gasteiger partial charge is 0.465 e. The lowest BCUT2D eigenvalue weighted by atomic mass is 10.1. The Bertz CT molecular complexity index is 837. The molecule has 3 rings (SSSR count). The highest BCUT2D eigenvalue weighted by Gasteiger charge is 2.30. The molecule has 25 heavy (non-hydrogen) atoms. The Morgan fingerprint density at radius 3 is 2.48 bits per heavy atom. The maximum atomic E-state index is 12.6. The topological polar surface area (TPSA) is 38.1 Å². The maximum absolute atomic E-state index is 12.6. The lowest BCUT2D eigenvalue weighted by Gasteiger charge is -2.09. The summed E-state index contributed by atoms with van der Waals surface area (Å²) in [4.78, 5) is 4.49. The van der Waals surface area contributed by atoms with Gasteiger partial charge in [-0.05, 0) is 38.1 Å². The van der Waals surface area contributed by atoms with Gasteiger partial charge in [-0.15, -0.1) is 11.3 Å². The lowest BCUT2D eigenvalue weighted by molar-refractivity contribution is -0.137. The molecule has 1 N–H and O–H groups in total. The van der Waals surface area contributed by atoms with Crippen molar-refractivity contribution in [3.05, 3.63) is 64.6 Å². The second-order valence-corrected chi connectivity index (χ2v) is 6.63. The molecule has 0 saturated heterocycles. The number of nitrogens with one attached hydrogen (secondary N) is 1. The molecule has 3 aromatic rings. The molecular formula is C18H17F3N2OS. The molecule has 132 valence electrons. The van der Waals surface area contributed by atoms with Gasteiger partial charge in [0.1, 0.15) is 16.5 Å². The minimum Gasteiger partial charge on any atom is -0.465 e. The van der Waals surface area contributed by atoms with Crippen molar-refractivity contribution < 1.29 is 17.6 Å². The van der Waals surface area contributed by atoms with E-state index in [9.17, 15) is 13.2 Å². The normalized spacial score (nSPS) is 13.2. The molecule has 7 heteroatoms. The number of aryl methyl sites for hydroxylation is 1. The fraction of sp³-hybridized carbons (Fsp3) is 0.278. The van der Waals surface area contributed by atoms with Crippen LogP contribution < -0.4 is 5.32 Å². The fourth-order valence-corrected chi connectivity index (χ4v) is 3.19. The summed E-state index contributed by atoms with van der Waals surface area (Å²) >= 11 is 1.41. The summed E-state index contributed by atoms with van der Waals surface area (Å²) in [5.74, 6) is 1.72. The van der Waals surface area contributed by atoms with Crippen LogP contribution in [-0.2, 0) is 12.7 Å². The van der Waals surface area contributed by atoms with Crippen molar-refractivity contribution in [3.8, 4) is 10.6 Å². The summed E-state index contributed by atoms with van der Waals surface area (Å²) in [7, 11) is 0. The van der Waals surface area contributed by atoms with Crippen molar-refractivity contribution >= 4 is 11.3 Å².